The second kappa shape index (κ2) is 9.80. The number of hydrogen-bond acceptors (Lipinski definition) is 3. The van der Waals surface area contributed by atoms with E-state index in [9.17, 15) is 0 Å². The molecule has 0 unspecified atom stereocenters. The molecule has 0 saturated carbocycles. The Hall–Kier alpha value is -1.06. The number of benzene rings is 1. The fourth-order valence-electron chi connectivity index (χ4n) is 2.63. The molecule has 0 aromatic heterocycles. The van der Waals surface area contributed by atoms with Crippen molar-refractivity contribution in [1.29, 1.82) is 0 Å². The molecule has 0 aliphatic carbocycles. The van der Waals surface area contributed by atoms with E-state index >= 15 is 0 Å². The Labute approximate surface area is 129 Å². The highest BCUT2D eigenvalue weighted by atomic mass is 16.5. The molecular formula is C18H29NO2. The van der Waals surface area contributed by atoms with E-state index < -0.39 is 0 Å². The Bertz CT molecular complexity index is 371. The van der Waals surface area contributed by atoms with E-state index in [1.54, 1.807) is 0 Å². The molecule has 1 aliphatic rings. The van der Waals surface area contributed by atoms with Gasteiger partial charge in [-0.2, -0.15) is 0 Å². The average molecular weight is 291 g/mol. The minimum atomic E-state index is 0.186. The van der Waals surface area contributed by atoms with Crippen molar-refractivity contribution in [2.75, 3.05) is 26.3 Å². The first-order valence-corrected chi connectivity index (χ1v) is 8.45. The van der Waals surface area contributed by atoms with E-state index in [1.165, 1.54) is 37.7 Å². The third-order valence-electron chi connectivity index (χ3n) is 3.95. The first kappa shape index (κ1) is 16.3. The van der Waals surface area contributed by atoms with Crippen LogP contribution in [0.4, 0.5) is 0 Å². The van der Waals surface area contributed by atoms with Gasteiger partial charge in [0.2, 0.25) is 0 Å². The maximum Gasteiger partial charge on any atom is 0.119 e. The van der Waals surface area contributed by atoms with Gasteiger partial charge in [0.25, 0.3) is 0 Å². The smallest absolute Gasteiger partial charge is 0.119 e. The maximum atomic E-state index is 5.80. The molecule has 1 fully saturated rings. The zero-order valence-electron chi connectivity index (χ0n) is 13.3. The molecule has 1 aromatic carbocycles. The van der Waals surface area contributed by atoms with Gasteiger partial charge in [-0.15, -0.1) is 0 Å². The molecule has 118 valence electrons. The number of ether oxygens (including phenoxy) is 2. The van der Waals surface area contributed by atoms with Crippen LogP contribution in [-0.4, -0.2) is 26.3 Å². The summed E-state index contributed by atoms with van der Waals surface area (Å²) in [5.74, 6) is 0.969. The van der Waals surface area contributed by atoms with Crippen LogP contribution < -0.4 is 10.1 Å². The van der Waals surface area contributed by atoms with Gasteiger partial charge in [-0.1, -0.05) is 51.2 Å². The number of hydrogen-bond donors (Lipinski definition) is 1. The molecule has 3 nitrogen and oxygen atoms in total. The topological polar surface area (TPSA) is 30.5 Å². The van der Waals surface area contributed by atoms with Crippen LogP contribution in [0, 0.1) is 0 Å². The third-order valence-corrected chi connectivity index (χ3v) is 3.95. The van der Waals surface area contributed by atoms with Crippen LogP contribution in [0.15, 0.2) is 24.3 Å². The lowest BCUT2D eigenvalue weighted by molar-refractivity contribution is 0.0277. The Morgan fingerprint density at radius 1 is 1.10 bits per heavy atom. The summed E-state index contributed by atoms with van der Waals surface area (Å²) in [6.07, 6.45) is 7.99. The summed E-state index contributed by atoms with van der Waals surface area (Å²) < 4.78 is 11.5. The van der Waals surface area contributed by atoms with Crippen LogP contribution in [0.1, 0.15) is 57.1 Å². The van der Waals surface area contributed by atoms with Gasteiger partial charge in [0.05, 0.1) is 19.3 Å². The maximum absolute atomic E-state index is 5.80. The van der Waals surface area contributed by atoms with Crippen LogP contribution in [-0.2, 0) is 4.74 Å². The van der Waals surface area contributed by atoms with Crippen LogP contribution in [0.2, 0.25) is 0 Å². The molecule has 1 heterocycles. The Balaban J connectivity index is 1.63. The highest BCUT2D eigenvalue weighted by molar-refractivity contribution is 5.29. The van der Waals surface area contributed by atoms with E-state index in [1.807, 2.05) is 0 Å². The molecule has 2 rings (SSSR count). The van der Waals surface area contributed by atoms with Crippen LogP contribution in [0.3, 0.4) is 0 Å². The molecule has 0 bridgehead atoms. The normalized spacial score (nSPS) is 18.6. The number of rotatable bonds is 9. The lowest BCUT2D eigenvalue weighted by Gasteiger charge is -2.24. The molecule has 1 N–H and O–H groups in total. The largest absolute Gasteiger partial charge is 0.494 e. The van der Waals surface area contributed by atoms with Crippen molar-refractivity contribution >= 4 is 0 Å². The fraction of sp³-hybridized carbons (Fsp3) is 0.667. The lowest BCUT2D eigenvalue weighted by Crippen LogP contribution is -2.33. The predicted molar refractivity (Wildman–Crippen MR) is 86.9 cm³/mol. The van der Waals surface area contributed by atoms with Crippen molar-refractivity contribution in [1.82, 2.24) is 5.32 Å². The summed E-state index contributed by atoms with van der Waals surface area (Å²) in [5.41, 5.74) is 1.23. The Morgan fingerprint density at radius 2 is 1.86 bits per heavy atom. The van der Waals surface area contributed by atoms with E-state index in [2.05, 4.69) is 36.5 Å². The Morgan fingerprint density at radius 3 is 2.57 bits per heavy atom. The SMILES string of the molecule is CCCCCCCCOc1ccc([C@H]2CNCCO2)cc1. The average Bonchev–Trinajstić information content (AvgIpc) is 2.55. The van der Waals surface area contributed by atoms with Crippen molar-refractivity contribution in [3.05, 3.63) is 29.8 Å². The van der Waals surface area contributed by atoms with E-state index in [4.69, 9.17) is 9.47 Å². The van der Waals surface area contributed by atoms with Crippen molar-refractivity contribution in [3.8, 4) is 5.75 Å². The summed E-state index contributed by atoms with van der Waals surface area (Å²) >= 11 is 0. The Kier molecular flexibility index (Phi) is 7.61. The van der Waals surface area contributed by atoms with Gasteiger partial charge >= 0.3 is 0 Å². The van der Waals surface area contributed by atoms with Gasteiger partial charge in [0, 0.05) is 13.1 Å². The molecule has 1 saturated heterocycles. The fourth-order valence-corrected chi connectivity index (χ4v) is 2.63. The standard InChI is InChI=1S/C18H29NO2/c1-2-3-4-5-6-7-13-20-17-10-8-16(9-11-17)18-15-19-12-14-21-18/h8-11,18-19H,2-7,12-15H2,1H3/t18-/m1/s1. The lowest BCUT2D eigenvalue weighted by atomic mass is 10.1. The van der Waals surface area contributed by atoms with E-state index in [-0.39, 0.29) is 6.10 Å². The van der Waals surface area contributed by atoms with Crippen molar-refractivity contribution in [2.24, 2.45) is 0 Å². The summed E-state index contributed by atoms with van der Waals surface area (Å²) in [7, 11) is 0. The molecule has 1 aromatic rings. The molecular weight excluding hydrogens is 262 g/mol. The molecule has 21 heavy (non-hydrogen) atoms. The zero-order valence-corrected chi connectivity index (χ0v) is 13.3. The van der Waals surface area contributed by atoms with Crippen molar-refractivity contribution in [3.63, 3.8) is 0 Å². The third kappa shape index (κ3) is 6.06. The van der Waals surface area contributed by atoms with Crippen LogP contribution in [0.25, 0.3) is 0 Å². The molecule has 0 radical (unpaired) electrons. The van der Waals surface area contributed by atoms with Gasteiger partial charge in [0.1, 0.15) is 5.75 Å². The molecule has 1 aliphatic heterocycles. The summed E-state index contributed by atoms with van der Waals surface area (Å²) in [5, 5.41) is 3.35. The van der Waals surface area contributed by atoms with Gasteiger partial charge in [-0.25, -0.2) is 0 Å². The minimum Gasteiger partial charge on any atom is -0.494 e. The predicted octanol–water partition coefficient (Wildman–Crippen LogP) is 4.09. The monoisotopic (exact) mass is 291 g/mol. The van der Waals surface area contributed by atoms with Gasteiger partial charge in [-0.3, -0.25) is 0 Å². The van der Waals surface area contributed by atoms with Gasteiger partial charge in [0.15, 0.2) is 0 Å². The molecule has 1 atom stereocenters. The first-order valence-electron chi connectivity index (χ1n) is 8.45. The number of unbranched alkanes of at least 4 members (excludes halogenated alkanes) is 5. The second-order valence-electron chi connectivity index (χ2n) is 5.75. The van der Waals surface area contributed by atoms with E-state index in [0.29, 0.717) is 0 Å². The number of nitrogens with one attached hydrogen (secondary N) is 1. The zero-order chi connectivity index (χ0) is 14.8. The molecule has 0 amide bonds. The highest BCUT2D eigenvalue weighted by Gasteiger charge is 2.15. The van der Waals surface area contributed by atoms with Crippen molar-refractivity contribution < 1.29 is 9.47 Å². The molecule has 0 spiro atoms. The second-order valence-corrected chi connectivity index (χ2v) is 5.75. The summed E-state index contributed by atoms with van der Waals surface area (Å²) in [6.45, 7) is 5.73. The van der Waals surface area contributed by atoms with Gasteiger partial charge < -0.3 is 14.8 Å². The molecule has 3 heteroatoms. The van der Waals surface area contributed by atoms with E-state index in [0.717, 1.165) is 38.5 Å². The number of morpholine rings is 1. The highest BCUT2D eigenvalue weighted by Crippen LogP contribution is 2.21. The summed E-state index contributed by atoms with van der Waals surface area (Å²) in [6, 6.07) is 8.36. The van der Waals surface area contributed by atoms with Gasteiger partial charge in [-0.05, 0) is 24.1 Å². The van der Waals surface area contributed by atoms with Crippen LogP contribution >= 0.6 is 0 Å². The van der Waals surface area contributed by atoms with Crippen molar-refractivity contribution in [2.45, 2.75) is 51.6 Å². The minimum absolute atomic E-state index is 0.186. The van der Waals surface area contributed by atoms with Crippen LogP contribution in [0.5, 0.6) is 5.75 Å². The first-order chi connectivity index (χ1) is 10.4. The summed E-state index contributed by atoms with van der Waals surface area (Å²) in [4.78, 5) is 0. The quantitative estimate of drug-likeness (QED) is 0.695.